The average molecular weight is 1110 g/mol. The van der Waals surface area contributed by atoms with Gasteiger partial charge in [-0.1, -0.05) is 246 Å². The van der Waals surface area contributed by atoms with Crippen LogP contribution in [0.2, 0.25) is 0 Å². The molecule has 0 aliphatic carbocycles. The van der Waals surface area contributed by atoms with Crippen LogP contribution in [0.3, 0.4) is 0 Å². The number of ether oxygens (including phenoxy) is 3. The molecule has 1 heterocycles. The molecule has 0 aromatic heterocycles. The number of unbranched alkanes of at least 4 members (excludes halogenated alkanes) is 22. The minimum atomic E-state index is -1.63. The first-order chi connectivity index (χ1) is 38.7. The van der Waals surface area contributed by atoms with Gasteiger partial charge in [0.2, 0.25) is 5.91 Å². The van der Waals surface area contributed by atoms with Gasteiger partial charge in [-0.25, -0.2) is 0 Å². The highest BCUT2D eigenvalue weighted by Gasteiger charge is 2.47. The highest BCUT2D eigenvalue weighted by molar-refractivity contribution is 5.80. The molecular weight excluding hydrogens is 991 g/mol. The summed E-state index contributed by atoms with van der Waals surface area (Å²) >= 11 is 0. The first-order valence-corrected chi connectivity index (χ1v) is 31.7. The zero-order valence-corrected chi connectivity index (χ0v) is 50.0. The van der Waals surface area contributed by atoms with E-state index >= 15 is 0 Å². The first-order valence-electron chi connectivity index (χ1n) is 31.7. The normalized spacial score (nSPS) is 19.6. The van der Waals surface area contributed by atoms with Crippen molar-refractivity contribution < 1.29 is 49.3 Å². The number of rotatable bonds is 52. The van der Waals surface area contributed by atoms with Crippen LogP contribution >= 0.6 is 0 Å². The van der Waals surface area contributed by atoms with E-state index in [0.29, 0.717) is 12.8 Å². The number of amides is 1. The van der Waals surface area contributed by atoms with Crippen molar-refractivity contribution in [2.45, 2.75) is 294 Å². The SMILES string of the molecule is CC/C=C\C/C=C\C/C=C\C/C=C\C/C=C\C/C=C\CCCCCCCCC(=O)OC1C(OCC(NC(=O)C(O)CCCCCCCC/C=C/C/C=C/CC)C(O)/C=C/CCCCCCCCCCCC)OC(CO)C(O)C1O. The van der Waals surface area contributed by atoms with Gasteiger partial charge < -0.3 is 45.1 Å². The second-order valence-electron chi connectivity index (χ2n) is 21.4. The van der Waals surface area contributed by atoms with Gasteiger partial charge in [0.15, 0.2) is 12.4 Å². The van der Waals surface area contributed by atoms with Crippen LogP contribution in [-0.4, -0.2) is 99.6 Å². The number of hydrogen-bond donors (Lipinski definition) is 6. The molecule has 6 N–H and O–H groups in total. The van der Waals surface area contributed by atoms with E-state index in [1.54, 1.807) is 6.08 Å². The van der Waals surface area contributed by atoms with Crippen LogP contribution in [0.25, 0.3) is 0 Å². The van der Waals surface area contributed by atoms with Crippen LogP contribution in [-0.2, 0) is 23.8 Å². The van der Waals surface area contributed by atoms with E-state index < -0.39 is 67.4 Å². The maximum absolute atomic E-state index is 13.4. The van der Waals surface area contributed by atoms with Crippen LogP contribution in [0.4, 0.5) is 0 Å². The van der Waals surface area contributed by atoms with Crippen LogP contribution in [0.1, 0.15) is 245 Å². The summed E-state index contributed by atoms with van der Waals surface area (Å²) in [4.78, 5) is 26.5. The molecule has 11 nitrogen and oxygen atoms in total. The minimum absolute atomic E-state index is 0.0994. The fourth-order valence-corrected chi connectivity index (χ4v) is 9.22. The fourth-order valence-electron chi connectivity index (χ4n) is 9.22. The molecule has 0 spiro atoms. The van der Waals surface area contributed by atoms with Gasteiger partial charge in [-0.15, -0.1) is 0 Å². The number of esters is 1. The molecule has 1 amide bonds. The summed E-state index contributed by atoms with van der Waals surface area (Å²) in [6, 6.07) is -1.04. The quantitative estimate of drug-likeness (QED) is 0.0195. The molecule has 1 aliphatic heterocycles. The van der Waals surface area contributed by atoms with Crippen LogP contribution in [0.15, 0.2) is 109 Å². The maximum atomic E-state index is 13.4. The lowest BCUT2D eigenvalue weighted by Gasteiger charge is -2.41. The van der Waals surface area contributed by atoms with Crippen LogP contribution in [0.5, 0.6) is 0 Å². The summed E-state index contributed by atoms with van der Waals surface area (Å²) in [6.45, 7) is 5.54. The van der Waals surface area contributed by atoms with Crippen molar-refractivity contribution in [3.63, 3.8) is 0 Å². The van der Waals surface area contributed by atoms with Gasteiger partial charge in [0.05, 0.1) is 25.4 Å². The molecule has 1 fully saturated rings. The lowest BCUT2D eigenvalue weighted by Crippen LogP contribution is -2.61. The third-order valence-electron chi connectivity index (χ3n) is 14.2. The molecule has 8 atom stereocenters. The van der Waals surface area contributed by atoms with Crippen LogP contribution in [0, 0.1) is 0 Å². The summed E-state index contributed by atoms with van der Waals surface area (Å²) in [5, 5.41) is 57.0. The van der Waals surface area contributed by atoms with Gasteiger partial charge >= 0.3 is 5.97 Å². The third-order valence-corrected chi connectivity index (χ3v) is 14.2. The average Bonchev–Trinajstić information content (AvgIpc) is 3.49. The van der Waals surface area contributed by atoms with Crippen molar-refractivity contribution in [1.29, 1.82) is 0 Å². The lowest BCUT2D eigenvalue weighted by molar-refractivity contribution is -0.305. The second-order valence-corrected chi connectivity index (χ2v) is 21.4. The van der Waals surface area contributed by atoms with Gasteiger partial charge in [-0.3, -0.25) is 9.59 Å². The minimum Gasteiger partial charge on any atom is -0.454 e. The Morgan fingerprint density at radius 2 is 0.911 bits per heavy atom. The standard InChI is InChI=1S/C68H115NO10/c1-4-7-10-13-16-19-22-25-26-27-28-29-30-31-32-33-34-35-36-38-41-44-47-50-53-56-63(73)79-66-65(75)64(74)62(57-70)78-68(66)77-58-59(60(71)54-51-48-45-42-39-24-21-18-15-12-9-6-3)69-67(76)61(72)55-52-49-46-43-40-37-23-20-17-14-11-8-5-2/h7-8,10-11,16-17,19-20,25-26,28-29,31-32,34-35,51,54,59-62,64-66,68,70-72,74-75H,4-6,9,12-15,18,21-24,27,30,33,36-50,52-53,55-58H2,1-3H3,(H,69,76)/b10-7-,11-8+,19-16-,20-17+,26-25-,29-28-,32-31-,35-34-,54-51+. The predicted molar refractivity (Wildman–Crippen MR) is 328 cm³/mol. The summed E-state index contributed by atoms with van der Waals surface area (Å²) in [6.07, 6.45) is 64.1. The Morgan fingerprint density at radius 1 is 0.506 bits per heavy atom. The summed E-state index contributed by atoms with van der Waals surface area (Å²) in [7, 11) is 0. The zero-order valence-electron chi connectivity index (χ0n) is 50.0. The topological polar surface area (TPSA) is 175 Å². The van der Waals surface area contributed by atoms with Crippen molar-refractivity contribution in [3.8, 4) is 0 Å². The Hall–Kier alpha value is -3.68. The molecular formula is C68H115NO10. The van der Waals surface area contributed by atoms with Gasteiger partial charge in [0.25, 0.3) is 0 Å². The van der Waals surface area contributed by atoms with E-state index in [2.05, 4.69) is 123 Å². The molecule has 8 unspecified atom stereocenters. The lowest BCUT2D eigenvalue weighted by atomic mass is 9.99. The van der Waals surface area contributed by atoms with E-state index in [1.807, 2.05) is 6.08 Å². The molecule has 1 saturated heterocycles. The Morgan fingerprint density at radius 3 is 1.37 bits per heavy atom. The number of aliphatic hydroxyl groups excluding tert-OH is 5. The number of allylic oxidation sites excluding steroid dienone is 17. The summed E-state index contributed by atoms with van der Waals surface area (Å²) in [5.74, 6) is -1.22. The van der Waals surface area contributed by atoms with Gasteiger partial charge in [0, 0.05) is 6.42 Å². The van der Waals surface area contributed by atoms with E-state index in [0.717, 1.165) is 148 Å². The smallest absolute Gasteiger partial charge is 0.306 e. The molecule has 79 heavy (non-hydrogen) atoms. The number of carbonyl (C=O) groups excluding carboxylic acids is 2. The highest BCUT2D eigenvalue weighted by Crippen LogP contribution is 2.26. The van der Waals surface area contributed by atoms with Gasteiger partial charge in [-0.2, -0.15) is 0 Å². The maximum Gasteiger partial charge on any atom is 0.306 e. The van der Waals surface area contributed by atoms with E-state index in [4.69, 9.17) is 14.2 Å². The Kier molecular flexibility index (Phi) is 50.9. The van der Waals surface area contributed by atoms with E-state index in [-0.39, 0.29) is 19.4 Å². The number of hydrogen-bond acceptors (Lipinski definition) is 10. The molecule has 11 heteroatoms. The van der Waals surface area contributed by atoms with Crippen LogP contribution < -0.4 is 5.32 Å². The molecule has 0 radical (unpaired) electrons. The number of carbonyl (C=O) groups is 2. The van der Waals surface area contributed by atoms with Gasteiger partial charge in [-0.05, 0) is 103 Å². The number of nitrogens with one attached hydrogen (secondary N) is 1. The third kappa shape index (κ3) is 42.8. The Labute approximate surface area is 481 Å². The zero-order chi connectivity index (χ0) is 57.5. The molecule has 0 aromatic carbocycles. The molecule has 0 saturated carbocycles. The van der Waals surface area contributed by atoms with Crippen molar-refractivity contribution >= 4 is 11.9 Å². The summed E-state index contributed by atoms with van der Waals surface area (Å²) in [5.41, 5.74) is 0. The molecule has 1 rings (SSSR count). The van der Waals surface area contributed by atoms with Gasteiger partial charge in [0.1, 0.15) is 24.4 Å². The molecule has 452 valence electrons. The Balaban J connectivity index is 2.64. The van der Waals surface area contributed by atoms with E-state index in [9.17, 15) is 35.1 Å². The predicted octanol–water partition coefficient (Wildman–Crippen LogP) is 15.3. The van der Waals surface area contributed by atoms with Crippen molar-refractivity contribution in [2.24, 2.45) is 0 Å². The van der Waals surface area contributed by atoms with Crippen molar-refractivity contribution in [3.05, 3.63) is 109 Å². The molecule has 1 aliphatic rings. The first kappa shape index (κ1) is 73.3. The fraction of sp³-hybridized carbons (Fsp3) is 0.706. The monoisotopic (exact) mass is 1110 g/mol. The van der Waals surface area contributed by atoms with Crippen molar-refractivity contribution in [1.82, 2.24) is 5.32 Å². The largest absolute Gasteiger partial charge is 0.454 e. The van der Waals surface area contributed by atoms with E-state index in [1.165, 1.54) is 51.4 Å². The number of aliphatic hydroxyl groups is 5. The van der Waals surface area contributed by atoms with Crippen molar-refractivity contribution in [2.75, 3.05) is 13.2 Å². The summed E-state index contributed by atoms with van der Waals surface area (Å²) < 4.78 is 17.6. The Bertz CT molecular complexity index is 1700. The second kappa shape index (κ2) is 54.9. The molecule has 0 aromatic rings. The molecule has 0 bridgehead atoms. The highest BCUT2D eigenvalue weighted by atomic mass is 16.7.